The molecule has 0 amide bonds. The van der Waals surface area contributed by atoms with Gasteiger partial charge in [0.05, 0.1) is 11.0 Å². The number of sulfone groups is 1. The first-order chi connectivity index (χ1) is 4.67. The maximum atomic E-state index is 11.1. The highest BCUT2D eigenvalue weighted by molar-refractivity contribution is 7.94. The van der Waals surface area contributed by atoms with E-state index in [0.29, 0.717) is 17.4 Å². The van der Waals surface area contributed by atoms with Gasteiger partial charge in [-0.15, -0.1) is 6.58 Å². The van der Waals surface area contributed by atoms with Crippen molar-refractivity contribution in [2.45, 2.75) is 19.3 Å². The van der Waals surface area contributed by atoms with Gasteiger partial charge in [0.15, 0.2) is 9.84 Å². The molecular formula is C7H11O2S. The normalized spacial score (nSPS) is 24.8. The van der Waals surface area contributed by atoms with Crippen molar-refractivity contribution in [3.63, 3.8) is 0 Å². The zero-order valence-corrected chi connectivity index (χ0v) is 6.65. The second kappa shape index (κ2) is 2.74. The van der Waals surface area contributed by atoms with Gasteiger partial charge in [0.2, 0.25) is 0 Å². The fourth-order valence-electron chi connectivity index (χ4n) is 1.15. The predicted molar refractivity (Wildman–Crippen MR) is 41.1 cm³/mol. The van der Waals surface area contributed by atoms with Crippen LogP contribution < -0.4 is 0 Å². The third-order valence-corrected chi connectivity index (χ3v) is 3.76. The molecule has 1 saturated heterocycles. The van der Waals surface area contributed by atoms with Crippen LogP contribution in [0.3, 0.4) is 0 Å². The molecule has 1 aliphatic rings. The van der Waals surface area contributed by atoms with Gasteiger partial charge in [0.1, 0.15) is 0 Å². The van der Waals surface area contributed by atoms with E-state index in [1.807, 2.05) is 0 Å². The van der Waals surface area contributed by atoms with E-state index in [9.17, 15) is 8.42 Å². The van der Waals surface area contributed by atoms with Crippen molar-refractivity contribution in [2.75, 3.05) is 5.75 Å². The fraction of sp³-hybridized carbons (Fsp3) is 0.571. The monoisotopic (exact) mass is 159 g/mol. The lowest BCUT2D eigenvalue weighted by molar-refractivity contribution is 0.600. The Morgan fingerprint density at radius 1 is 1.60 bits per heavy atom. The Labute approximate surface area is 61.9 Å². The molecule has 0 saturated carbocycles. The second-order valence-electron chi connectivity index (χ2n) is 2.45. The summed E-state index contributed by atoms with van der Waals surface area (Å²) >= 11 is 0. The molecule has 1 heterocycles. The summed E-state index contributed by atoms with van der Waals surface area (Å²) in [4.78, 5) is 0. The maximum Gasteiger partial charge on any atom is 0.157 e. The predicted octanol–water partition coefficient (Wildman–Crippen LogP) is 1.30. The van der Waals surface area contributed by atoms with Crippen LogP contribution in [0.25, 0.3) is 0 Å². The first-order valence-electron chi connectivity index (χ1n) is 3.35. The zero-order chi connectivity index (χ0) is 7.61. The zero-order valence-electron chi connectivity index (χ0n) is 5.84. The number of hydrogen-bond donors (Lipinski definition) is 0. The fourth-order valence-corrected chi connectivity index (χ4v) is 2.79. The molecule has 0 unspecified atom stereocenters. The summed E-state index contributed by atoms with van der Waals surface area (Å²) in [5, 5.41) is 0.669. The molecule has 0 aromatic carbocycles. The van der Waals surface area contributed by atoms with E-state index in [1.54, 1.807) is 6.08 Å². The molecule has 0 bridgehead atoms. The van der Waals surface area contributed by atoms with Gasteiger partial charge < -0.3 is 0 Å². The molecule has 0 spiro atoms. The third kappa shape index (κ3) is 1.40. The Morgan fingerprint density at radius 2 is 2.30 bits per heavy atom. The molecule has 0 aliphatic carbocycles. The summed E-state index contributed by atoms with van der Waals surface area (Å²) < 4.78 is 22.1. The average Bonchev–Trinajstić information content (AvgIpc) is 2.13. The summed E-state index contributed by atoms with van der Waals surface area (Å²) in [5.74, 6) is 0.343. The van der Waals surface area contributed by atoms with Crippen molar-refractivity contribution in [2.24, 2.45) is 0 Å². The minimum atomic E-state index is -2.80. The molecule has 0 aromatic heterocycles. The molecule has 1 radical (unpaired) electrons. The van der Waals surface area contributed by atoms with Gasteiger partial charge in [-0.25, -0.2) is 8.42 Å². The summed E-state index contributed by atoms with van der Waals surface area (Å²) in [6.45, 7) is 3.50. The van der Waals surface area contributed by atoms with Crippen molar-refractivity contribution in [3.8, 4) is 0 Å². The summed E-state index contributed by atoms with van der Waals surface area (Å²) in [6, 6.07) is 0. The van der Waals surface area contributed by atoms with Gasteiger partial charge in [-0.05, 0) is 19.3 Å². The first-order valence-corrected chi connectivity index (χ1v) is 5.00. The van der Waals surface area contributed by atoms with Gasteiger partial charge >= 0.3 is 0 Å². The van der Waals surface area contributed by atoms with Crippen molar-refractivity contribution in [1.82, 2.24) is 0 Å². The number of rotatable bonds is 2. The maximum absolute atomic E-state index is 11.1. The molecule has 2 nitrogen and oxygen atoms in total. The standard InChI is InChI=1S/C7H11O2S/c1-2-4-7-5-3-6-10(7,8)9/h2H,1,3-6H2. The molecule has 3 heteroatoms. The van der Waals surface area contributed by atoms with Crippen LogP contribution in [0.5, 0.6) is 0 Å². The Balaban J connectivity index is 2.69. The first kappa shape index (κ1) is 7.79. The lowest BCUT2D eigenvalue weighted by Gasteiger charge is -2.01. The van der Waals surface area contributed by atoms with E-state index in [0.717, 1.165) is 12.8 Å². The summed E-state index contributed by atoms with van der Waals surface area (Å²) in [5.41, 5.74) is 0. The van der Waals surface area contributed by atoms with Crippen molar-refractivity contribution < 1.29 is 8.42 Å². The molecule has 10 heavy (non-hydrogen) atoms. The van der Waals surface area contributed by atoms with E-state index >= 15 is 0 Å². The highest BCUT2D eigenvalue weighted by Crippen LogP contribution is 2.29. The van der Waals surface area contributed by atoms with Gasteiger partial charge in [-0.3, -0.25) is 0 Å². The largest absolute Gasteiger partial charge is 0.228 e. The third-order valence-electron chi connectivity index (χ3n) is 1.68. The minimum absolute atomic E-state index is 0.343. The van der Waals surface area contributed by atoms with Crippen LogP contribution >= 0.6 is 0 Å². The SMILES string of the molecule is C=CC[C]1CCCS1(=O)=O. The van der Waals surface area contributed by atoms with Crippen LogP contribution in [-0.2, 0) is 9.84 Å². The smallest absolute Gasteiger partial charge is 0.157 e. The highest BCUT2D eigenvalue weighted by atomic mass is 32.2. The van der Waals surface area contributed by atoms with Crippen molar-refractivity contribution in [1.29, 1.82) is 0 Å². The van der Waals surface area contributed by atoms with E-state index < -0.39 is 9.84 Å². The molecule has 1 aliphatic heterocycles. The van der Waals surface area contributed by atoms with Gasteiger partial charge in [-0.2, -0.15) is 0 Å². The number of allylic oxidation sites excluding steroid dienone is 1. The second-order valence-corrected chi connectivity index (χ2v) is 4.67. The summed E-state index contributed by atoms with van der Waals surface area (Å²) in [6.07, 6.45) is 3.74. The van der Waals surface area contributed by atoms with Crippen LogP contribution in [-0.4, -0.2) is 14.2 Å². The molecule has 1 rings (SSSR count). The topological polar surface area (TPSA) is 34.1 Å². The Hall–Kier alpha value is -0.310. The van der Waals surface area contributed by atoms with E-state index in [4.69, 9.17) is 0 Å². The van der Waals surface area contributed by atoms with Gasteiger partial charge in [0.25, 0.3) is 0 Å². The molecular weight excluding hydrogens is 148 g/mol. The lowest BCUT2D eigenvalue weighted by atomic mass is 10.2. The van der Waals surface area contributed by atoms with Gasteiger partial charge in [-0.1, -0.05) is 6.08 Å². The molecule has 0 atom stereocenters. The molecule has 0 aromatic rings. The molecule has 0 N–H and O–H groups in total. The van der Waals surface area contributed by atoms with Crippen molar-refractivity contribution >= 4 is 9.84 Å². The van der Waals surface area contributed by atoms with Crippen molar-refractivity contribution in [3.05, 3.63) is 17.9 Å². The van der Waals surface area contributed by atoms with Crippen LogP contribution in [0, 0.1) is 5.25 Å². The van der Waals surface area contributed by atoms with Gasteiger partial charge in [0, 0.05) is 0 Å². The highest BCUT2D eigenvalue weighted by Gasteiger charge is 2.30. The van der Waals surface area contributed by atoms with Crippen LogP contribution in [0.1, 0.15) is 19.3 Å². The van der Waals surface area contributed by atoms with E-state index in [-0.39, 0.29) is 0 Å². The Morgan fingerprint density at radius 3 is 2.70 bits per heavy atom. The van der Waals surface area contributed by atoms with Crippen LogP contribution in [0.2, 0.25) is 0 Å². The Bertz CT molecular complexity index is 216. The minimum Gasteiger partial charge on any atom is -0.228 e. The number of hydrogen-bond acceptors (Lipinski definition) is 2. The van der Waals surface area contributed by atoms with Crippen LogP contribution in [0.4, 0.5) is 0 Å². The lowest BCUT2D eigenvalue weighted by Crippen LogP contribution is -2.05. The summed E-state index contributed by atoms with van der Waals surface area (Å²) in [7, 11) is -2.80. The van der Waals surface area contributed by atoms with E-state index in [2.05, 4.69) is 6.58 Å². The average molecular weight is 159 g/mol. The molecule has 57 valence electrons. The van der Waals surface area contributed by atoms with Crippen LogP contribution in [0.15, 0.2) is 12.7 Å². The quantitative estimate of drug-likeness (QED) is 0.569. The molecule has 1 fully saturated rings. The van der Waals surface area contributed by atoms with E-state index in [1.165, 1.54) is 0 Å². The Kier molecular flexibility index (Phi) is 2.14.